The molecule has 4 heteroatoms. The van der Waals surface area contributed by atoms with Crippen LogP contribution >= 0.6 is 0 Å². The molecular formula is C18H18N2O2. The molecule has 1 amide bonds. The van der Waals surface area contributed by atoms with E-state index in [0.29, 0.717) is 25.1 Å². The van der Waals surface area contributed by atoms with Gasteiger partial charge in [-0.1, -0.05) is 37.3 Å². The van der Waals surface area contributed by atoms with Crippen molar-refractivity contribution in [2.75, 3.05) is 13.1 Å². The normalized spacial score (nSPS) is 18.2. The number of piperidine rings is 1. The van der Waals surface area contributed by atoms with Gasteiger partial charge in [0.2, 0.25) is 0 Å². The molecule has 1 heterocycles. The van der Waals surface area contributed by atoms with Gasteiger partial charge < -0.3 is 10.0 Å². The Labute approximate surface area is 130 Å². The Balaban J connectivity index is 2.16. The number of hydrogen-bond donors (Lipinski definition) is 1. The Morgan fingerprint density at radius 2 is 2.14 bits per heavy atom. The number of benzene rings is 1. The van der Waals surface area contributed by atoms with Crippen LogP contribution in [0.15, 0.2) is 35.9 Å². The topological polar surface area (TPSA) is 64.3 Å². The van der Waals surface area contributed by atoms with Crippen LogP contribution in [0.5, 0.6) is 0 Å². The molecule has 0 spiro atoms. The van der Waals surface area contributed by atoms with Crippen molar-refractivity contribution in [1.29, 1.82) is 5.26 Å². The van der Waals surface area contributed by atoms with Crippen LogP contribution in [0.4, 0.5) is 4.79 Å². The summed E-state index contributed by atoms with van der Waals surface area (Å²) >= 11 is 0. The summed E-state index contributed by atoms with van der Waals surface area (Å²) in [4.78, 5) is 12.5. The van der Waals surface area contributed by atoms with Crippen LogP contribution in [0.2, 0.25) is 0 Å². The first kappa shape index (κ1) is 15.7. The second kappa shape index (κ2) is 6.37. The fourth-order valence-electron chi connectivity index (χ4n) is 2.56. The van der Waals surface area contributed by atoms with Crippen LogP contribution in [-0.2, 0) is 0 Å². The van der Waals surface area contributed by atoms with Gasteiger partial charge in [-0.3, -0.25) is 0 Å². The van der Waals surface area contributed by atoms with Crippen molar-refractivity contribution in [1.82, 2.24) is 4.90 Å². The minimum absolute atomic E-state index is 0.209. The van der Waals surface area contributed by atoms with E-state index in [0.717, 1.165) is 11.1 Å². The lowest BCUT2D eigenvalue weighted by Crippen LogP contribution is -2.44. The van der Waals surface area contributed by atoms with Crippen LogP contribution in [0.3, 0.4) is 0 Å². The zero-order chi connectivity index (χ0) is 16.2. The van der Waals surface area contributed by atoms with E-state index < -0.39 is 6.09 Å². The van der Waals surface area contributed by atoms with E-state index in [-0.39, 0.29) is 5.41 Å². The predicted octanol–water partition coefficient (Wildman–Crippen LogP) is 3.25. The fourth-order valence-corrected chi connectivity index (χ4v) is 2.56. The summed E-state index contributed by atoms with van der Waals surface area (Å²) < 4.78 is 0. The highest BCUT2D eigenvalue weighted by Gasteiger charge is 2.32. The lowest BCUT2D eigenvalue weighted by Gasteiger charge is -2.38. The van der Waals surface area contributed by atoms with E-state index in [1.54, 1.807) is 12.1 Å². The van der Waals surface area contributed by atoms with Gasteiger partial charge in [-0.05, 0) is 30.7 Å². The molecule has 0 aliphatic carbocycles. The average molecular weight is 294 g/mol. The van der Waals surface area contributed by atoms with Gasteiger partial charge in [0.05, 0.1) is 11.6 Å². The van der Waals surface area contributed by atoms with E-state index in [1.165, 1.54) is 4.90 Å². The highest BCUT2D eigenvalue weighted by Crippen LogP contribution is 2.33. The maximum absolute atomic E-state index is 11.1. The average Bonchev–Trinajstić information content (AvgIpc) is 2.48. The third-order valence-electron chi connectivity index (χ3n) is 3.83. The van der Waals surface area contributed by atoms with Gasteiger partial charge in [0, 0.05) is 24.1 Å². The molecule has 0 bridgehead atoms. The molecule has 1 N–H and O–H groups in total. The number of nitriles is 1. The zero-order valence-corrected chi connectivity index (χ0v) is 12.8. The smallest absolute Gasteiger partial charge is 0.407 e. The molecule has 1 aromatic rings. The molecule has 1 saturated heterocycles. The van der Waals surface area contributed by atoms with Crippen LogP contribution in [0.1, 0.15) is 31.4 Å². The molecule has 22 heavy (non-hydrogen) atoms. The number of allylic oxidation sites excluding steroid dienone is 1. The van der Waals surface area contributed by atoms with E-state index in [4.69, 9.17) is 10.4 Å². The number of hydrogen-bond acceptors (Lipinski definition) is 2. The van der Waals surface area contributed by atoms with Crippen molar-refractivity contribution >= 4 is 6.09 Å². The minimum Gasteiger partial charge on any atom is -0.465 e. The first-order chi connectivity index (χ1) is 10.4. The Morgan fingerprint density at radius 3 is 2.77 bits per heavy atom. The summed E-state index contributed by atoms with van der Waals surface area (Å²) in [5, 5.41) is 17.9. The van der Waals surface area contributed by atoms with Crippen molar-refractivity contribution in [3.63, 3.8) is 0 Å². The second-order valence-corrected chi connectivity index (χ2v) is 5.97. The lowest BCUT2D eigenvalue weighted by atomic mass is 9.79. The zero-order valence-electron chi connectivity index (χ0n) is 12.8. The van der Waals surface area contributed by atoms with Gasteiger partial charge in [-0.25, -0.2) is 4.79 Å². The van der Waals surface area contributed by atoms with Crippen molar-refractivity contribution in [2.24, 2.45) is 5.41 Å². The molecule has 1 aromatic carbocycles. The summed E-state index contributed by atoms with van der Waals surface area (Å²) in [6.07, 6.45) is 1.72. The highest BCUT2D eigenvalue weighted by atomic mass is 16.4. The van der Waals surface area contributed by atoms with Gasteiger partial charge in [-0.15, -0.1) is 0 Å². The number of likely N-dealkylation sites (tertiary alicyclic amines) is 1. The fraction of sp³-hybridized carbons (Fsp3) is 0.333. The standard InChI is InChI=1S/C18H18N2O2/c1-18(2)13-20(17(21)22)10-9-16(18)8-4-6-14-5-3-7-15(11-14)12-19/h3,5,7-8,11H,9-10,13H2,1-2H3,(H,21,22)/b16-8+. The molecule has 0 unspecified atom stereocenters. The first-order valence-electron chi connectivity index (χ1n) is 7.11. The van der Waals surface area contributed by atoms with Crippen molar-refractivity contribution < 1.29 is 9.90 Å². The number of carboxylic acid groups (broad SMARTS) is 1. The summed E-state index contributed by atoms with van der Waals surface area (Å²) in [5.74, 6) is 6.07. The third kappa shape index (κ3) is 3.68. The quantitative estimate of drug-likeness (QED) is 0.747. The molecule has 1 fully saturated rings. The summed E-state index contributed by atoms with van der Waals surface area (Å²) in [6.45, 7) is 5.06. The van der Waals surface area contributed by atoms with Crippen molar-refractivity contribution in [2.45, 2.75) is 20.3 Å². The largest absolute Gasteiger partial charge is 0.465 e. The van der Waals surface area contributed by atoms with E-state index >= 15 is 0 Å². The highest BCUT2D eigenvalue weighted by molar-refractivity contribution is 5.65. The molecule has 2 rings (SSSR count). The number of carbonyl (C=O) groups is 1. The second-order valence-electron chi connectivity index (χ2n) is 5.97. The monoisotopic (exact) mass is 294 g/mol. The molecule has 0 radical (unpaired) electrons. The SMILES string of the molecule is CC1(C)CN(C(=O)O)CC/C1=C\C#Cc1cccc(C#N)c1. The Kier molecular flexibility index (Phi) is 4.53. The van der Waals surface area contributed by atoms with Crippen LogP contribution in [0, 0.1) is 28.6 Å². The van der Waals surface area contributed by atoms with Crippen LogP contribution < -0.4 is 0 Å². The molecule has 0 atom stereocenters. The lowest BCUT2D eigenvalue weighted by molar-refractivity contribution is 0.117. The molecular weight excluding hydrogens is 276 g/mol. The number of nitrogens with zero attached hydrogens (tertiary/aromatic N) is 2. The number of amides is 1. The summed E-state index contributed by atoms with van der Waals surface area (Å²) in [6, 6.07) is 9.27. The van der Waals surface area contributed by atoms with Gasteiger partial charge in [0.1, 0.15) is 0 Å². The number of rotatable bonds is 0. The molecule has 1 aliphatic rings. The van der Waals surface area contributed by atoms with Crippen molar-refractivity contribution in [3.8, 4) is 17.9 Å². The van der Waals surface area contributed by atoms with E-state index in [9.17, 15) is 4.79 Å². The molecule has 4 nitrogen and oxygen atoms in total. The predicted molar refractivity (Wildman–Crippen MR) is 84.1 cm³/mol. The van der Waals surface area contributed by atoms with Gasteiger partial charge in [-0.2, -0.15) is 5.26 Å². The Morgan fingerprint density at radius 1 is 1.41 bits per heavy atom. The van der Waals surface area contributed by atoms with E-state index in [1.807, 2.05) is 32.1 Å². The first-order valence-corrected chi connectivity index (χ1v) is 7.11. The van der Waals surface area contributed by atoms with Gasteiger partial charge in [0.15, 0.2) is 0 Å². The Bertz CT molecular complexity index is 715. The maximum Gasteiger partial charge on any atom is 0.407 e. The molecule has 112 valence electrons. The van der Waals surface area contributed by atoms with Crippen LogP contribution in [0.25, 0.3) is 0 Å². The Hall–Kier alpha value is -2.72. The van der Waals surface area contributed by atoms with Crippen molar-refractivity contribution in [3.05, 3.63) is 47.0 Å². The van der Waals surface area contributed by atoms with Crippen LogP contribution in [-0.4, -0.2) is 29.2 Å². The van der Waals surface area contributed by atoms with Gasteiger partial charge in [0.25, 0.3) is 0 Å². The minimum atomic E-state index is -0.869. The summed E-state index contributed by atoms with van der Waals surface area (Å²) in [5.41, 5.74) is 2.35. The van der Waals surface area contributed by atoms with E-state index in [2.05, 4.69) is 17.9 Å². The molecule has 0 aromatic heterocycles. The van der Waals surface area contributed by atoms with Gasteiger partial charge >= 0.3 is 6.09 Å². The third-order valence-corrected chi connectivity index (χ3v) is 3.83. The summed E-state index contributed by atoms with van der Waals surface area (Å²) in [7, 11) is 0. The molecule has 1 aliphatic heterocycles. The molecule has 0 saturated carbocycles. The maximum atomic E-state index is 11.1.